The normalized spacial score (nSPS) is 11.3. The Morgan fingerprint density at radius 3 is 2.75 bits per heavy atom. The Morgan fingerprint density at radius 1 is 1.25 bits per heavy atom. The number of pyridine rings is 1. The Hall–Kier alpha value is -1.99. The molecule has 0 aliphatic carbocycles. The number of aromatic nitrogens is 1. The molecule has 0 unspecified atom stereocenters. The van der Waals surface area contributed by atoms with Crippen LogP contribution in [-0.2, 0) is 16.6 Å². The minimum absolute atomic E-state index is 0.000177. The SMILES string of the molecule is CNc1cccnc1S(=O)(=O)NCc1cccc(F)c1. The lowest BCUT2D eigenvalue weighted by Crippen LogP contribution is -2.25. The first kappa shape index (κ1) is 14.4. The maximum atomic E-state index is 13.0. The van der Waals surface area contributed by atoms with E-state index in [0.717, 1.165) is 0 Å². The Morgan fingerprint density at radius 2 is 2.05 bits per heavy atom. The van der Waals surface area contributed by atoms with E-state index in [1.807, 2.05) is 0 Å². The van der Waals surface area contributed by atoms with Gasteiger partial charge < -0.3 is 5.32 Å². The molecule has 0 fully saturated rings. The van der Waals surface area contributed by atoms with Crippen molar-refractivity contribution in [1.82, 2.24) is 9.71 Å². The number of rotatable bonds is 5. The molecule has 0 bridgehead atoms. The molecule has 2 aromatic rings. The zero-order valence-corrected chi connectivity index (χ0v) is 11.6. The smallest absolute Gasteiger partial charge is 0.260 e. The zero-order valence-electron chi connectivity index (χ0n) is 10.8. The van der Waals surface area contributed by atoms with E-state index in [1.165, 1.54) is 24.4 Å². The Kier molecular flexibility index (Phi) is 4.31. The van der Waals surface area contributed by atoms with E-state index < -0.39 is 15.8 Å². The molecular weight excluding hydrogens is 281 g/mol. The van der Waals surface area contributed by atoms with Gasteiger partial charge in [0.1, 0.15) is 5.82 Å². The molecule has 0 amide bonds. The number of sulfonamides is 1. The van der Waals surface area contributed by atoms with Crippen LogP contribution in [0, 0.1) is 5.82 Å². The lowest BCUT2D eigenvalue weighted by molar-refractivity contribution is 0.577. The summed E-state index contributed by atoms with van der Waals surface area (Å²) in [5.74, 6) is -0.407. The topological polar surface area (TPSA) is 71.1 Å². The highest BCUT2D eigenvalue weighted by molar-refractivity contribution is 7.89. The molecule has 0 aliphatic heterocycles. The lowest BCUT2D eigenvalue weighted by atomic mass is 10.2. The largest absolute Gasteiger partial charge is 0.386 e. The van der Waals surface area contributed by atoms with Crippen LogP contribution in [0.15, 0.2) is 47.6 Å². The first-order valence-corrected chi connectivity index (χ1v) is 7.38. The van der Waals surface area contributed by atoms with Crippen molar-refractivity contribution >= 4 is 15.7 Å². The van der Waals surface area contributed by atoms with Gasteiger partial charge in [0, 0.05) is 19.8 Å². The molecule has 2 N–H and O–H groups in total. The highest BCUT2D eigenvalue weighted by Crippen LogP contribution is 2.17. The number of hydrogen-bond acceptors (Lipinski definition) is 4. The highest BCUT2D eigenvalue weighted by Gasteiger charge is 2.19. The first-order valence-electron chi connectivity index (χ1n) is 5.90. The number of hydrogen-bond donors (Lipinski definition) is 2. The van der Waals surface area contributed by atoms with Crippen molar-refractivity contribution in [2.45, 2.75) is 11.6 Å². The van der Waals surface area contributed by atoms with Crippen LogP contribution in [0.2, 0.25) is 0 Å². The average molecular weight is 295 g/mol. The molecule has 0 saturated heterocycles. The van der Waals surface area contributed by atoms with E-state index in [-0.39, 0.29) is 11.6 Å². The van der Waals surface area contributed by atoms with E-state index in [4.69, 9.17) is 0 Å². The van der Waals surface area contributed by atoms with Crippen molar-refractivity contribution in [3.63, 3.8) is 0 Å². The first-order chi connectivity index (χ1) is 9.53. The van der Waals surface area contributed by atoms with Crippen molar-refractivity contribution in [2.24, 2.45) is 0 Å². The Labute approximate surface area is 116 Å². The quantitative estimate of drug-likeness (QED) is 0.881. The van der Waals surface area contributed by atoms with Crippen molar-refractivity contribution in [3.05, 3.63) is 54.0 Å². The van der Waals surface area contributed by atoms with Crippen molar-refractivity contribution in [3.8, 4) is 0 Å². The third kappa shape index (κ3) is 3.31. The second kappa shape index (κ2) is 5.98. The van der Waals surface area contributed by atoms with E-state index in [0.29, 0.717) is 11.3 Å². The van der Waals surface area contributed by atoms with Crippen LogP contribution in [0.1, 0.15) is 5.56 Å². The molecule has 0 spiro atoms. The molecule has 0 radical (unpaired) electrons. The van der Waals surface area contributed by atoms with Crippen LogP contribution < -0.4 is 10.0 Å². The Balaban J connectivity index is 2.19. The summed E-state index contributed by atoms with van der Waals surface area (Å²) in [7, 11) is -2.15. The van der Waals surface area contributed by atoms with Crippen LogP contribution >= 0.6 is 0 Å². The third-order valence-electron chi connectivity index (χ3n) is 2.65. The molecule has 1 aromatic heterocycles. The summed E-state index contributed by atoms with van der Waals surface area (Å²) in [6.07, 6.45) is 1.40. The number of nitrogens with one attached hydrogen (secondary N) is 2. The predicted molar refractivity (Wildman–Crippen MR) is 74.2 cm³/mol. The van der Waals surface area contributed by atoms with Crippen LogP contribution in [0.4, 0.5) is 10.1 Å². The van der Waals surface area contributed by atoms with Gasteiger partial charge in [-0.15, -0.1) is 0 Å². The number of halogens is 1. The highest BCUT2D eigenvalue weighted by atomic mass is 32.2. The van der Waals surface area contributed by atoms with Gasteiger partial charge in [-0.2, -0.15) is 0 Å². The number of nitrogens with zero attached hydrogens (tertiary/aromatic N) is 1. The fourth-order valence-electron chi connectivity index (χ4n) is 1.69. The molecule has 106 valence electrons. The molecule has 20 heavy (non-hydrogen) atoms. The molecule has 2 rings (SSSR count). The van der Waals surface area contributed by atoms with Crippen LogP contribution in [0.3, 0.4) is 0 Å². The van der Waals surface area contributed by atoms with Crippen LogP contribution in [-0.4, -0.2) is 20.4 Å². The second-order valence-electron chi connectivity index (χ2n) is 4.06. The zero-order chi connectivity index (χ0) is 14.6. The molecule has 1 heterocycles. The minimum atomic E-state index is -3.76. The predicted octanol–water partition coefficient (Wildman–Crippen LogP) is 1.74. The van der Waals surface area contributed by atoms with E-state index in [1.54, 1.807) is 25.2 Å². The molecule has 0 atom stereocenters. The monoisotopic (exact) mass is 295 g/mol. The van der Waals surface area contributed by atoms with Gasteiger partial charge in [-0.1, -0.05) is 12.1 Å². The second-order valence-corrected chi connectivity index (χ2v) is 5.74. The maximum Gasteiger partial charge on any atom is 0.260 e. The van der Waals surface area contributed by atoms with E-state index in [2.05, 4.69) is 15.0 Å². The third-order valence-corrected chi connectivity index (χ3v) is 4.01. The molecular formula is C13H14FN3O2S. The van der Waals surface area contributed by atoms with Gasteiger partial charge in [-0.25, -0.2) is 22.5 Å². The Bertz CT molecular complexity index is 704. The van der Waals surface area contributed by atoms with E-state index >= 15 is 0 Å². The molecule has 0 aliphatic rings. The molecule has 0 saturated carbocycles. The van der Waals surface area contributed by atoms with Crippen molar-refractivity contribution < 1.29 is 12.8 Å². The summed E-state index contributed by atoms with van der Waals surface area (Å²) in [5.41, 5.74) is 0.940. The van der Waals surface area contributed by atoms with Gasteiger partial charge in [-0.3, -0.25) is 0 Å². The molecule has 1 aromatic carbocycles. The summed E-state index contributed by atoms with van der Waals surface area (Å²) in [5, 5.41) is 2.68. The minimum Gasteiger partial charge on any atom is -0.386 e. The summed E-state index contributed by atoms with van der Waals surface area (Å²) in [4.78, 5) is 3.86. The summed E-state index contributed by atoms with van der Waals surface area (Å²) >= 11 is 0. The van der Waals surface area contributed by atoms with Gasteiger partial charge in [0.25, 0.3) is 10.0 Å². The van der Waals surface area contributed by atoms with Crippen LogP contribution in [0.25, 0.3) is 0 Å². The van der Waals surface area contributed by atoms with E-state index in [9.17, 15) is 12.8 Å². The summed E-state index contributed by atoms with van der Waals surface area (Å²) in [6, 6.07) is 9.00. The number of anilines is 1. The number of benzene rings is 1. The maximum absolute atomic E-state index is 13.0. The molecule has 7 heteroatoms. The summed E-state index contributed by atoms with van der Waals surface area (Å²) in [6.45, 7) is -0.000177. The average Bonchev–Trinajstić information content (AvgIpc) is 2.45. The van der Waals surface area contributed by atoms with Gasteiger partial charge in [0.15, 0.2) is 5.03 Å². The standard InChI is InChI=1S/C13H14FN3O2S/c1-15-12-6-3-7-16-13(12)20(18,19)17-9-10-4-2-5-11(14)8-10/h2-8,15,17H,9H2,1H3. The van der Waals surface area contributed by atoms with Gasteiger partial charge >= 0.3 is 0 Å². The van der Waals surface area contributed by atoms with Gasteiger partial charge in [0.05, 0.1) is 5.69 Å². The fraction of sp³-hybridized carbons (Fsp3) is 0.154. The van der Waals surface area contributed by atoms with Crippen molar-refractivity contribution in [2.75, 3.05) is 12.4 Å². The van der Waals surface area contributed by atoms with Gasteiger partial charge in [0.2, 0.25) is 0 Å². The summed E-state index contributed by atoms with van der Waals surface area (Å²) < 4.78 is 39.8. The van der Waals surface area contributed by atoms with Crippen LogP contribution in [0.5, 0.6) is 0 Å². The molecule has 5 nitrogen and oxygen atoms in total. The fourth-order valence-corrected chi connectivity index (χ4v) is 2.84. The van der Waals surface area contributed by atoms with Crippen molar-refractivity contribution in [1.29, 1.82) is 0 Å². The van der Waals surface area contributed by atoms with Gasteiger partial charge in [-0.05, 0) is 29.8 Å². The lowest BCUT2D eigenvalue weighted by Gasteiger charge is -2.10.